The van der Waals surface area contributed by atoms with E-state index in [1.54, 1.807) is 11.9 Å². The Morgan fingerprint density at radius 2 is 1.79 bits per heavy atom. The van der Waals surface area contributed by atoms with E-state index in [0.29, 0.717) is 12.2 Å². The van der Waals surface area contributed by atoms with Gasteiger partial charge < -0.3 is 10.2 Å². The summed E-state index contributed by atoms with van der Waals surface area (Å²) >= 11 is 0. The van der Waals surface area contributed by atoms with Gasteiger partial charge in [0, 0.05) is 31.9 Å². The molecule has 14 heavy (non-hydrogen) atoms. The smallest absolute Gasteiger partial charge is 0.128 e. The van der Waals surface area contributed by atoms with Crippen LogP contribution >= 0.6 is 0 Å². The van der Waals surface area contributed by atoms with E-state index in [0.717, 1.165) is 12.6 Å². The van der Waals surface area contributed by atoms with Gasteiger partial charge in [-0.05, 0) is 19.2 Å². The van der Waals surface area contributed by atoms with Crippen LogP contribution in [0.5, 0.6) is 0 Å². The normalized spacial score (nSPS) is 10.3. The lowest BCUT2D eigenvalue weighted by Gasteiger charge is -2.19. The Bertz CT molecular complexity index is 282. The van der Waals surface area contributed by atoms with Crippen LogP contribution in [0.25, 0.3) is 0 Å². The molecule has 0 aromatic heterocycles. The van der Waals surface area contributed by atoms with Crippen LogP contribution in [0.3, 0.4) is 0 Å². The molecule has 0 aliphatic rings. The van der Waals surface area contributed by atoms with Gasteiger partial charge in [0.05, 0.1) is 0 Å². The SMILES string of the molecule is CNCCN(C)c1cc(F)cc(F)c1. The predicted octanol–water partition coefficient (Wildman–Crippen LogP) is 1.62. The number of nitrogens with one attached hydrogen (secondary N) is 1. The lowest BCUT2D eigenvalue weighted by molar-refractivity contribution is 0.582. The molecule has 0 amide bonds. The molecule has 0 saturated carbocycles. The number of halogens is 2. The predicted molar refractivity (Wildman–Crippen MR) is 53.6 cm³/mol. The molecule has 78 valence electrons. The van der Waals surface area contributed by atoms with E-state index < -0.39 is 11.6 Å². The largest absolute Gasteiger partial charge is 0.373 e. The maximum Gasteiger partial charge on any atom is 0.128 e. The number of hydrogen-bond donors (Lipinski definition) is 1. The summed E-state index contributed by atoms with van der Waals surface area (Å²) in [6, 6.07) is 3.51. The van der Waals surface area contributed by atoms with Crippen molar-refractivity contribution in [1.29, 1.82) is 0 Å². The highest BCUT2D eigenvalue weighted by Crippen LogP contribution is 2.15. The zero-order valence-corrected chi connectivity index (χ0v) is 8.35. The number of hydrogen-bond acceptors (Lipinski definition) is 2. The summed E-state index contributed by atoms with van der Waals surface area (Å²) in [6.45, 7) is 1.48. The van der Waals surface area contributed by atoms with E-state index in [-0.39, 0.29) is 0 Å². The summed E-state index contributed by atoms with van der Waals surface area (Å²) in [5.41, 5.74) is 0.553. The third-order valence-electron chi connectivity index (χ3n) is 1.99. The fraction of sp³-hybridized carbons (Fsp3) is 0.400. The molecule has 1 N–H and O–H groups in total. The Morgan fingerprint density at radius 1 is 1.21 bits per heavy atom. The molecule has 1 aromatic carbocycles. The summed E-state index contributed by atoms with van der Waals surface area (Å²) in [5.74, 6) is -1.09. The molecule has 0 unspecified atom stereocenters. The van der Waals surface area contributed by atoms with E-state index in [4.69, 9.17) is 0 Å². The average molecular weight is 200 g/mol. The Hall–Kier alpha value is -1.16. The second kappa shape index (κ2) is 4.91. The molecule has 0 spiro atoms. The molecule has 0 radical (unpaired) electrons. The molecule has 0 aliphatic heterocycles. The molecule has 1 rings (SSSR count). The first-order valence-corrected chi connectivity index (χ1v) is 4.45. The van der Waals surface area contributed by atoms with Crippen LogP contribution in [-0.2, 0) is 0 Å². The van der Waals surface area contributed by atoms with Gasteiger partial charge in [-0.3, -0.25) is 0 Å². The van der Waals surface area contributed by atoms with Crippen molar-refractivity contribution in [3.8, 4) is 0 Å². The van der Waals surface area contributed by atoms with E-state index in [1.807, 2.05) is 7.05 Å². The molecule has 0 saturated heterocycles. The first-order valence-electron chi connectivity index (χ1n) is 4.45. The monoisotopic (exact) mass is 200 g/mol. The number of benzene rings is 1. The third-order valence-corrected chi connectivity index (χ3v) is 1.99. The molecule has 4 heteroatoms. The molecular formula is C10H14F2N2. The minimum absolute atomic E-state index is 0.545. The average Bonchev–Trinajstić information content (AvgIpc) is 2.12. The van der Waals surface area contributed by atoms with Gasteiger partial charge in [0.1, 0.15) is 11.6 Å². The topological polar surface area (TPSA) is 15.3 Å². The standard InChI is InChI=1S/C10H14F2N2/c1-13-3-4-14(2)10-6-8(11)5-9(12)7-10/h5-7,13H,3-4H2,1-2H3. The van der Waals surface area contributed by atoms with Crippen molar-refractivity contribution in [2.45, 2.75) is 0 Å². The summed E-state index contributed by atoms with van der Waals surface area (Å²) < 4.78 is 25.7. The molecule has 0 heterocycles. The highest BCUT2D eigenvalue weighted by Gasteiger charge is 2.04. The molecule has 0 atom stereocenters. The molecular weight excluding hydrogens is 186 g/mol. The van der Waals surface area contributed by atoms with Crippen LogP contribution in [0.2, 0.25) is 0 Å². The van der Waals surface area contributed by atoms with Gasteiger partial charge in [0.2, 0.25) is 0 Å². The molecule has 0 bridgehead atoms. The first kappa shape index (κ1) is 10.9. The van der Waals surface area contributed by atoms with Gasteiger partial charge in [-0.15, -0.1) is 0 Å². The second-order valence-electron chi connectivity index (χ2n) is 3.15. The van der Waals surface area contributed by atoms with Gasteiger partial charge in [0.25, 0.3) is 0 Å². The maximum atomic E-state index is 12.8. The van der Waals surface area contributed by atoms with E-state index >= 15 is 0 Å². The lowest BCUT2D eigenvalue weighted by Crippen LogP contribution is -2.27. The Balaban J connectivity index is 2.73. The van der Waals surface area contributed by atoms with Crippen molar-refractivity contribution in [1.82, 2.24) is 5.32 Å². The number of anilines is 1. The van der Waals surface area contributed by atoms with Crippen molar-refractivity contribution >= 4 is 5.69 Å². The molecule has 0 fully saturated rings. The minimum Gasteiger partial charge on any atom is -0.373 e. The van der Waals surface area contributed by atoms with Crippen LogP contribution in [0.1, 0.15) is 0 Å². The molecule has 0 aliphatic carbocycles. The van der Waals surface area contributed by atoms with Crippen LogP contribution in [0.15, 0.2) is 18.2 Å². The van der Waals surface area contributed by atoms with Gasteiger partial charge in [-0.25, -0.2) is 8.78 Å². The zero-order chi connectivity index (χ0) is 10.6. The number of nitrogens with zero attached hydrogens (tertiary/aromatic N) is 1. The quantitative estimate of drug-likeness (QED) is 0.794. The van der Waals surface area contributed by atoms with Gasteiger partial charge in [0.15, 0.2) is 0 Å². The van der Waals surface area contributed by atoms with Gasteiger partial charge in [-0.1, -0.05) is 0 Å². The Labute approximate surface area is 82.5 Å². The van der Waals surface area contributed by atoms with E-state index in [1.165, 1.54) is 12.1 Å². The van der Waals surface area contributed by atoms with E-state index in [2.05, 4.69) is 5.32 Å². The minimum atomic E-state index is -0.545. The number of rotatable bonds is 4. The van der Waals surface area contributed by atoms with Crippen LogP contribution in [0.4, 0.5) is 14.5 Å². The van der Waals surface area contributed by atoms with Crippen LogP contribution in [-0.4, -0.2) is 27.2 Å². The van der Waals surface area contributed by atoms with Crippen molar-refractivity contribution in [3.05, 3.63) is 29.8 Å². The summed E-state index contributed by atoms with van der Waals surface area (Å²) in [4.78, 5) is 1.79. The van der Waals surface area contributed by atoms with Crippen molar-refractivity contribution < 1.29 is 8.78 Å². The fourth-order valence-electron chi connectivity index (χ4n) is 1.17. The van der Waals surface area contributed by atoms with E-state index in [9.17, 15) is 8.78 Å². The van der Waals surface area contributed by atoms with Crippen LogP contribution < -0.4 is 10.2 Å². The summed E-state index contributed by atoms with van der Waals surface area (Å²) in [7, 11) is 3.63. The highest BCUT2D eigenvalue weighted by molar-refractivity contribution is 5.46. The number of likely N-dealkylation sites (N-methyl/N-ethyl adjacent to an activating group) is 2. The van der Waals surface area contributed by atoms with Gasteiger partial charge in [-0.2, -0.15) is 0 Å². The third kappa shape index (κ3) is 2.96. The molecule has 1 aromatic rings. The van der Waals surface area contributed by atoms with Gasteiger partial charge >= 0.3 is 0 Å². The maximum absolute atomic E-state index is 12.8. The summed E-state index contributed by atoms with van der Waals surface area (Å²) in [6.07, 6.45) is 0. The fourth-order valence-corrected chi connectivity index (χ4v) is 1.17. The van der Waals surface area contributed by atoms with Crippen molar-refractivity contribution in [2.75, 3.05) is 32.1 Å². The Kier molecular flexibility index (Phi) is 3.83. The summed E-state index contributed by atoms with van der Waals surface area (Å²) in [5, 5.41) is 2.97. The lowest BCUT2D eigenvalue weighted by atomic mass is 10.3. The highest BCUT2D eigenvalue weighted by atomic mass is 19.1. The Morgan fingerprint density at radius 3 is 2.29 bits per heavy atom. The van der Waals surface area contributed by atoms with Crippen molar-refractivity contribution in [3.63, 3.8) is 0 Å². The van der Waals surface area contributed by atoms with Crippen molar-refractivity contribution in [2.24, 2.45) is 0 Å². The first-order chi connectivity index (χ1) is 6.63. The zero-order valence-electron chi connectivity index (χ0n) is 8.35. The second-order valence-corrected chi connectivity index (χ2v) is 3.15. The van der Waals surface area contributed by atoms with Crippen LogP contribution in [0, 0.1) is 11.6 Å². The molecule has 2 nitrogen and oxygen atoms in total.